The quantitative estimate of drug-likeness (QED) is 0.706. The average molecular weight is 180 g/mol. The van der Waals surface area contributed by atoms with Gasteiger partial charge in [-0.15, -0.1) is 0 Å². The summed E-state index contributed by atoms with van der Waals surface area (Å²) in [5, 5.41) is 12.3. The predicted molar refractivity (Wildman–Crippen MR) is 54.3 cm³/mol. The van der Waals surface area contributed by atoms with Gasteiger partial charge in [-0.25, -0.2) is 0 Å². The molecular formula is C11H20N2. The van der Waals surface area contributed by atoms with Gasteiger partial charge in [0.25, 0.3) is 0 Å². The molecule has 0 aliphatic heterocycles. The van der Waals surface area contributed by atoms with E-state index in [4.69, 9.17) is 5.26 Å². The molecule has 1 fully saturated rings. The Labute approximate surface area is 81.3 Å². The second-order valence-corrected chi connectivity index (χ2v) is 3.97. The van der Waals surface area contributed by atoms with Gasteiger partial charge in [0.1, 0.15) is 0 Å². The molecule has 0 spiro atoms. The zero-order chi connectivity index (χ0) is 9.52. The first-order valence-corrected chi connectivity index (χ1v) is 5.52. The minimum absolute atomic E-state index is 0.100. The van der Waals surface area contributed by atoms with Gasteiger partial charge < -0.3 is 0 Å². The summed E-state index contributed by atoms with van der Waals surface area (Å²) in [6, 6.07) is 3.08. The molecule has 1 saturated carbocycles. The molecule has 1 rings (SSSR count). The van der Waals surface area contributed by atoms with Crippen LogP contribution in [-0.2, 0) is 0 Å². The van der Waals surface area contributed by atoms with E-state index in [1.54, 1.807) is 0 Å². The molecule has 74 valence electrons. The van der Waals surface area contributed by atoms with Crippen LogP contribution in [0.2, 0.25) is 0 Å². The van der Waals surface area contributed by atoms with Crippen LogP contribution in [0.5, 0.6) is 0 Å². The number of nitrogens with one attached hydrogen (secondary N) is 1. The Balaban J connectivity index is 2.18. The Kier molecular flexibility index (Phi) is 4.85. The van der Waals surface area contributed by atoms with Crippen LogP contribution in [0.25, 0.3) is 0 Å². The minimum Gasteiger partial charge on any atom is -0.299 e. The summed E-state index contributed by atoms with van der Waals surface area (Å²) in [6.45, 7) is 2.17. The average Bonchev–Trinajstić information content (AvgIpc) is 2.64. The van der Waals surface area contributed by atoms with Gasteiger partial charge in [-0.05, 0) is 19.3 Å². The van der Waals surface area contributed by atoms with E-state index >= 15 is 0 Å². The van der Waals surface area contributed by atoms with Gasteiger partial charge in [0.05, 0.1) is 12.1 Å². The van der Waals surface area contributed by atoms with Crippen molar-refractivity contribution in [1.29, 1.82) is 5.26 Å². The van der Waals surface area contributed by atoms with Crippen LogP contribution in [0.15, 0.2) is 0 Å². The molecule has 1 aliphatic carbocycles. The summed E-state index contributed by atoms with van der Waals surface area (Å²) in [4.78, 5) is 0. The van der Waals surface area contributed by atoms with Gasteiger partial charge in [-0.3, -0.25) is 5.32 Å². The Morgan fingerprint density at radius 3 is 2.69 bits per heavy atom. The molecule has 0 radical (unpaired) electrons. The molecule has 2 heteroatoms. The third kappa shape index (κ3) is 3.78. The van der Waals surface area contributed by atoms with Gasteiger partial charge in [-0.1, -0.05) is 32.6 Å². The van der Waals surface area contributed by atoms with Crippen molar-refractivity contribution >= 4 is 0 Å². The number of unbranched alkanes of at least 4 members (excludes halogenated alkanes) is 1. The van der Waals surface area contributed by atoms with E-state index in [9.17, 15) is 0 Å². The highest BCUT2D eigenvalue weighted by atomic mass is 14.9. The SMILES string of the molecule is CCCCC(C#N)NC1CCCC1. The highest BCUT2D eigenvalue weighted by Crippen LogP contribution is 2.18. The van der Waals surface area contributed by atoms with Crippen LogP contribution in [0.1, 0.15) is 51.9 Å². The molecule has 1 N–H and O–H groups in total. The molecule has 0 amide bonds. The van der Waals surface area contributed by atoms with E-state index in [0.29, 0.717) is 6.04 Å². The Morgan fingerprint density at radius 2 is 2.15 bits per heavy atom. The third-order valence-corrected chi connectivity index (χ3v) is 2.79. The fraction of sp³-hybridized carbons (Fsp3) is 0.909. The van der Waals surface area contributed by atoms with E-state index < -0.39 is 0 Å². The number of hydrogen-bond acceptors (Lipinski definition) is 2. The van der Waals surface area contributed by atoms with Crippen molar-refractivity contribution in [2.45, 2.75) is 64.0 Å². The Bertz CT molecular complexity index is 165. The van der Waals surface area contributed by atoms with Crippen LogP contribution in [-0.4, -0.2) is 12.1 Å². The first kappa shape index (κ1) is 10.5. The summed E-state index contributed by atoms with van der Waals surface area (Å²) < 4.78 is 0. The largest absolute Gasteiger partial charge is 0.299 e. The van der Waals surface area contributed by atoms with E-state index in [2.05, 4.69) is 18.3 Å². The molecular weight excluding hydrogens is 160 g/mol. The van der Waals surface area contributed by atoms with E-state index in [0.717, 1.165) is 12.8 Å². The molecule has 0 aromatic heterocycles. The van der Waals surface area contributed by atoms with Crippen LogP contribution >= 0.6 is 0 Å². The van der Waals surface area contributed by atoms with Crippen molar-refractivity contribution in [2.24, 2.45) is 0 Å². The lowest BCUT2D eigenvalue weighted by atomic mass is 10.1. The highest BCUT2D eigenvalue weighted by Gasteiger charge is 2.18. The molecule has 0 aromatic rings. The van der Waals surface area contributed by atoms with Crippen LogP contribution in [0, 0.1) is 11.3 Å². The molecule has 2 nitrogen and oxygen atoms in total. The molecule has 1 aliphatic rings. The number of hydrogen-bond donors (Lipinski definition) is 1. The topological polar surface area (TPSA) is 35.8 Å². The standard InChI is InChI=1S/C11H20N2/c1-2-3-6-11(9-12)13-10-7-4-5-8-10/h10-11,13H,2-8H2,1H3. The van der Waals surface area contributed by atoms with E-state index in [1.807, 2.05) is 0 Å². The number of rotatable bonds is 5. The maximum atomic E-state index is 8.90. The lowest BCUT2D eigenvalue weighted by Crippen LogP contribution is -2.35. The van der Waals surface area contributed by atoms with Crippen molar-refractivity contribution in [3.63, 3.8) is 0 Å². The fourth-order valence-electron chi connectivity index (χ4n) is 1.97. The van der Waals surface area contributed by atoms with Gasteiger partial charge in [0.15, 0.2) is 0 Å². The van der Waals surface area contributed by atoms with Crippen molar-refractivity contribution in [3.8, 4) is 6.07 Å². The molecule has 1 atom stereocenters. The van der Waals surface area contributed by atoms with Crippen molar-refractivity contribution in [3.05, 3.63) is 0 Å². The monoisotopic (exact) mass is 180 g/mol. The van der Waals surface area contributed by atoms with Gasteiger partial charge in [-0.2, -0.15) is 5.26 Å². The molecule has 0 bridgehead atoms. The zero-order valence-electron chi connectivity index (χ0n) is 8.55. The number of nitriles is 1. The molecule has 1 unspecified atom stereocenters. The van der Waals surface area contributed by atoms with Crippen LogP contribution in [0.4, 0.5) is 0 Å². The van der Waals surface area contributed by atoms with Gasteiger partial charge in [0.2, 0.25) is 0 Å². The van der Waals surface area contributed by atoms with Crippen LogP contribution < -0.4 is 5.32 Å². The molecule has 0 saturated heterocycles. The maximum absolute atomic E-state index is 8.90. The normalized spacial score (nSPS) is 20.0. The second-order valence-electron chi connectivity index (χ2n) is 3.97. The number of nitrogens with zero attached hydrogens (tertiary/aromatic N) is 1. The first-order chi connectivity index (χ1) is 6.36. The third-order valence-electron chi connectivity index (χ3n) is 2.79. The van der Waals surface area contributed by atoms with Gasteiger partial charge >= 0.3 is 0 Å². The highest BCUT2D eigenvalue weighted by molar-refractivity contribution is 4.92. The summed E-state index contributed by atoms with van der Waals surface area (Å²) in [5.74, 6) is 0. The maximum Gasteiger partial charge on any atom is 0.0955 e. The summed E-state index contributed by atoms with van der Waals surface area (Å²) in [6.07, 6.45) is 8.58. The lowest BCUT2D eigenvalue weighted by molar-refractivity contribution is 0.455. The smallest absolute Gasteiger partial charge is 0.0955 e. The van der Waals surface area contributed by atoms with E-state index in [-0.39, 0.29) is 6.04 Å². The first-order valence-electron chi connectivity index (χ1n) is 5.52. The van der Waals surface area contributed by atoms with Crippen LogP contribution in [0.3, 0.4) is 0 Å². The fourth-order valence-corrected chi connectivity index (χ4v) is 1.97. The summed E-state index contributed by atoms with van der Waals surface area (Å²) in [5.41, 5.74) is 0. The van der Waals surface area contributed by atoms with E-state index in [1.165, 1.54) is 32.1 Å². The Hall–Kier alpha value is -0.550. The second kappa shape index (κ2) is 5.99. The lowest BCUT2D eigenvalue weighted by Gasteiger charge is -2.16. The minimum atomic E-state index is 0.100. The molecule has 0 heterocycles. The summed E-state index contributed by atoms with van der Waals surface area (Å²) in [7, 11) is 0. The van der Waals surface area contributed by atoms with Crippen molar-refractivity contribution < 1.29 is 0 Å². The summed E-state index contributed by atoms with van der Waals surface area (Å²) >= 11 is 0. The van der Waals surface area contributed by atoms with Gasteiger partial charge in [0, 0.05) is 6.04 Å². The molecule has 13 heavy (non-hydrogen) atoms. The zero-order valence-corrected chi connectivity index (χ0v) is 8.55. The molecule has 0 aromatic carbocycles. The predicted octanol–water partition coefficient (Wildman–Crippen LogP) is 2.60. The van der Waals surface area contributed by atoms with Crippen molar-refractivity contribution in [2.75, 3.05) is 0 Å². The van der Waals surface area contributed by atoms with Crippen molar-refractivity contribution in [1.82, 2.24) is 5.32 Å². The Morgan fingerprint density at radius 1 is 1.46 bits per heavy atom.